The standard InChI is InChI=1S/C28H28N4O/c1-21-26(20-31-17-5-6-18-31)30-27-16-15-25(19-32(21)27)29-28(33)24-13-11-23(12-14-24)10-9-22-7-3-2-4-8-22/h2-4,7-16,19H,5-6,17-18,20H2,1H3,(H,29,33)/b10-9+. The number of anilines is 1. The van der Waals surface area contributed by atoms with E-state index >= 15 is 0 Å². The monoisotopic (exact) mass is 436 g/mol. The molecule has 0 atom stereocenters. The SMILES string of the molecule is Cc1c(CN2CCCC2)nc2ccc(NC(=O)c3ccc(/C=C/c4ccccc4)cc3)cn12. The van der Waals surface area contributed by atoms with E-state index in [4.69, 9.17) is 4.98 Å². The number of aryl methyl sites for hydroxylation is 1. The number of hydrogen-bond acceptors (Lipinski definition) is 3. The molecule has 0 bridgehead atoms. The maximum atomic E-state index is 12.8. The fraction of sp³-hybridized carbons (Fsp3) is 0.214. The van der Waals surface area contributed by atoms with Gasteiger partial charge in [0.15, 0.2) is 0 Å². The van der Waals surface area contributed by atoms with E-state index in [1.165, 1.54) is 12.8 Å². The Labute approximate surface area is 194 Å². The van der Waals surface area contributed by atoms with E-state index in [2.05, 4.69) is 39.7 Å². The van der Waals surface area contributed by atoms with Gasteiger partial charge < -0.3 is 9.72 Å². The van der Waals surface area contributed by atoms with Crippen molar-refractivity contribution in [3.63, 3.8) is 0 Å². The molecular formula is C28H28N4O. The number of hydrogen-bond donors (Lipinski definition) is 1. The van der Waals surface area contributed by atoms with E-state index in [1.807, 2.05) is 66.9 Å². The second-order valence-corrected chi connectivity index (χ2v) is 8.59. The molecule has 0 saturated carbocycles. The summed E-state index contributed by atoms with van der Waals surface area (Å²) in [6.07, 6.45) is 8.61. The summed E-state index contributed by atoms with van der Waals surface area (Å²) in [6.45, 7) is 5.28. The number of benzene rings is 2. The average molecular weight is 437 g/mol. The third-order valence-electron chi connectivity index (χ3n) is 6.23. The van der Waals surface area contributed by atoms with Crippen LogP contribution in [0.4, 0.5) is 5.69 Å². The lowest BCUT2D eigenvalue weighted by Gasteiger charge is -2.12. The molecule has 5 nitrogen and oxygen atoms in total. The zero-order chi connectivity index (χ0) is 22.6. The second-order valence-electron chi connectivity index (χ2n) is 8.59. The lowest BCUT2D eigenvalue weighted by molar-refractivity contribution is 0.102. The molecule has 0 spiro atoms. The summed E-state index contributed by atoms with van der Waals surface area (Å²) in [6, 6.07) is 21.7. The maximum Gasteiger partial charge on any atom is 0.255 e. The van der Waals surface area contributed by atoms with E-state index in [1.54, 1.807) is 0 Å². The first-order chi connectivity index (χ1) is 16.2. The van der Waals surface area contributed by atoms with Gasteiger partial charge in [-0.05, 0) is 68.2 Å². The van der Waals surface area contributed by atoms with Crippen LogP contribution in [-0.4, -0.2) is 33.3 Å². The van der Waals surface area contributed by atoms with Crippen LogP contribution in [0.15, 0.2) is 72.9 Å². The topological polar surface area (TPSA) is 49.6 Å². The number of imidazole rings is 1. The van der Waals surface area contributed by atoms with Crippen molar-refractivity contribution in [2.75, 3.05) is 18.4 Å². The van der Waals surface area contributed by atoms with Crippen LogP contribution < -0.4 is 5.32 Å². The number of nitrogens with zero attached hydrogens (tertiary/aromatic N) is 3. The third-order valence-corrected chi connectivity index (χ3v) is 6.23. The molecule has 2 aromatic heterocycles. The van der Waals surface area contributed by atoms with E-state index in [9.17, 15) is 4.79 Å². The molecule has 1 N–H and O–H groups in total. The fourth-order valence-electron chi connectivity index (χ4n) is 4.29. The average Bonchev–Trinajstić information content (AvgIpc) is 3.47. The van der Waals surface area contributed by atoms with Crippen LogP contribution in [0.3, 0.4) is 0 Å². The number of likely N-dealkylation sites (tertiary alicyclic amines) is 1. The number of amides is 1. The summed E-state index contributed by atoms with van der Waals surface area (Å²) in [4.78, 5) is 20.1. The van der Waals surface area contributed by atoms with Gasteiger partial charge in [0.05, 0.1) is 11.4 Å². The molecule has 1 aliphatic heterocycles. The molecule has 1 aliphatic rings. The highest BCUT2D eigenvalue weighted by atomic mass is 16.1. The molecule has 166 valence electrons. The Morgan fingerprint density at radius 3 is 2.36 bits per heavy atom. The van der Waals surface area contributed by atoms with E-state index < -0.39 is 0 Å². The summed E-state index contributed by atoms with van der Waals surface area (Å²) >= 11 is 0. The Balaban J connectivity index is 1.27. The van der Waals surface area contributed by atoms with Gasteiger partial charge in [-0.3, -0.25) is 9.69 Å². The first-order valence-corrected chi connectivity index (χ1v) is 11.5. The van der Waals surface area contributed by atoms with Gasteiger partial charge in [0.25, 0.3) is 5.91 Å². The molecule has 1 saturated heterocycles. The zero-order valence-corrected chi connectivity index (χ0v) is 18.9. The number of fused-ring (bicyclic) bond motifs is 1. The molecule has 5 rings (SSSR count). The molecule has 1 fully saturated rings. The van der Waals surface area contributed by atoms with Crippen molar-refractivity contribution in [3.05, 3.63) is 101 Å². The second kappa shape index (κ2) is 9.43. The predicted molar refractivity (Wildman–Crippen MR) is 134 cm³/mol. The Kier molecular flexibility index (Phi) is 6.05. The van der Waals surface area contributed by atoms with Gasteiger partial charge in [-0.15, -0.1) is 0 Å². The Bertz CT molecular complexity index is 1280. The molecule has 0 unspecified atom stereocenters. The van der Waals surface area contributed by atoms with Gasteiger partial charge in [-0.25, -0.2) is 4.98 Å². The highest BCUT2D eigenvalue weighted by Crippen LogP contribution is 2.20. The van der Waals surface area contributed by atoms with Crippen LogP contribution in [0.5, 0.6) is 0 Å². The van der Waals surface area contributed by atoms with Gasteiger partial charge in [-0.2, -0.15) is 0 Å². The highest BCUT2D eigenvalue weighted by molar-refractivity contribution is 6.04. The van der Waals surface area contributed by atoms with Crippen molar-refractivity contribution < 1.29 is 4.79 Å². The minimum atomic E-state index is -0.122. The molecule has 0 aliphatic carbocycles. The van der Waals surface area contributed by atoms with Crippen molar-refractivity contribution in [2.45, 2.75) is 26.3 Å². The number of aromatic nitrogens is 2. The van der Waals surface area contributed by atoms with Crippen molar-refractivity contribution in [1.82, 2.24) is 14.3 Å². The Hall–Kier alpha value is -3.70. The fourth-order valence-corrected chi connectivity index (χ4v) is 4.29. The number of nitrogens with one attached hydrogen (secondary N) is 1. The largest absolute Gasteiger partial charge is 0.321 e. The minimum absolute atomic E-state index is 0.122. The van der Waals surface area contributed by atoms with Crippen molar-refractivity contribution >= 4 is 29.4 Å². The van der Waals surface area contributed by atoms with Crippen LogP contribution >= 0.6 is 0 Å². The number of carbonyl (C=O) groups excluding carboxylic acids is 1. The normalized spacial score (nSPS) is 14.3. The van der Waals surface area contributed by atoms with Crippen LogP contribution in [-0.2, 0) is 6.54 Å². The Morgan fingerprint density at radius 1 is 0.939 bits per heavy atom. The summed E-state index contributed by atoms with van der Waals surface area (Å²) in [5.74, 6) is -0.122. The van der Waals surface area contributed by atoms with Gasteiger partial charge in [-0.1, -0.05) is 54.6 Å². The smallest absolute Gasteiger partial charge is 0.255 e. The molecule has 2 aromatic carbocycles. The quantitative estimate of drug-likeness (QED) is 0.397. The molecule has 4 aromatic rings. The minimum Gasteiger partial charge on any atom is -0.321 e. The lowest BCUT2D eigenvalue weighted by atomic mass is 10.1. The summed E-state index contributed by atoms with van der Waals surface area (Å²) in [7, 11) is 0. The highest BCUT2D eigenvalue weighted by Gasteiger charge is 2.16. The van der Waals surface area contributed by atoms with Crippen molar-refractivity contribution in [2.24, 2.45) is 0 Å². The predicted octanol–water partition coefficient (Wildman–Crippen LogP) is 5.66. The van der Waals surface area contributed by atoms with Gasteiger partial charge in [0.2, 0.25) is 0 Å². The molecule has 0 radical (unpaired) electrons. The summed E-state index contributed by atoms with van der Waals surface area (Å²) in [5.41, 5.74) is 6.73. The zero-order valence-electron chi connectivity index (χ0n) is 18.9. The van der Waals surface area contributed by atoms with Gasteiger partial charge >= 0.3 is 0 Å². The molecular weight excluding hydrogens is 408 g/mol. The molecule has 33 heavy (non-hydrogen) atoms. The summed E-state index contributed by atoms with van der Waals surface area (Å²) < 4.78 is 2.07. The van der Waals surface area contributed by atoms with E-state index in [-0.39, 0.29) is 5.91 Å². The number of rotatable bonds is 6. The third kappa shape index (κ3) is 4.89. The van der Waals surface area contributed by atoms with Crippen LogP contribution in [0.2, 0.25) is 0 Å². The van der Waals surface area contributed by atoms with Crippen LogP contribution in [0.1, 0.15) is 45.7 Å². The van der Waals surface area contributed by atoms with Gasteiger partial charge in [0.1, 0.15) is 5.65 Å². The molecule has 3 heterocycles. The van der Waals surface area contributed by atoms with E-state index in [0.717, 1.165) is 53.5 Å². The molecule has 5 heteroatoms. The summed E-state index contributed by atoms with van der Waals surface area (Å²) in [5, 5.41) is 3.02. The first kappa shape index (κ1) is 21.2. The van der Waals surface area contributed by atoms with Crippen molar-refractivity contribution in [1.29, 1.82) is 0 Å². The van der Waals surface area contributed by atoms with Crippen LogP contribution in [0, 0.1) is 6.92 Å². The first-order valence-electron chi connectivity index (χ1n) is 11.5. The van der Waals surface area contributed by atoms with E-state index in [0.29, 0.717) is 5.56 Å². The maximum absolute atomic E-state index is 12.8. The van der Waals surface area contributed by atoms with Crippen LogP contribution in [0.25, 0.3) is 17.8 Å². The Morgan fingerprint density at radius 2 is 1.64 bits per heavy atom. The lowest BCUT2D eigenvalue weighted by Crippen LogP contribution is -2.19. The number of carbonyl (C=O) groups is 1. The van der Waals surface area contributed by atoms with Gasteiger partial charge in [0, 0.05) is 24.0 Å². The van der Waals surface area contributed by atoms with Crippen molar-refractivity contribution in [3.8, 4) is 0 Å². The number of pyridine rings is 1. The molecule has 1 amide bonds.